The summed E-state index contributed by atoms with van der Waals surface area (Å²) in [6, 6.07) is 18.9. The van der Waals surface area contributed by atoms with Gasteiger partial charge in [-0.05, 0) is 67.1 Å². The number of hydrogen-bond acceptors (Lipinski definition) is 5. The molecule has 0 spiro atoms. The average Bonchev–Trinajstić information content (AvgIpc) is 3.08. The van der Waals surface area contributed by atoms with E-state index in [9.17, 15) is 9.59 Å². The number of thioether (sulfide) groups is 1. The Morgan fingerprint density at radius 1 is 0.886 bits per heavy atom. The van der Waals surface area contributed by atoms with Crippen LogP contribution in [0.15, 0.2) is 65.6 Å². The van der Waals surface area contributed by atoms with Crippen molar-refractivity contribution in [3.05, 3.63) is 97.9 Å². The van der Waals surface area contributed by atoms with E-state index in [1.54, 1.807) is 18.2 Å². The van der Waals surface area contributed by atoms with Crippen LogP contribution in [0.3, 0.4) is 0 Å². The van der Waals surface area contributed by atoms with Gasteiger partial charge in [0.25, 0.3) is 11.1 Å². The molecule has 0 aliphatic carbocycles. The van der Waals surface area contributed by atoms with Crippen molar-refractivity contribution in [3.8, 4) is 11.5 Å². The molecular formula is C27H23Cl2NO4S. The molecule has 0 saturated carbocycles. The van der Waals surface area contributed by atoms with Gasteiger partial charge in [-0.15, -0.1) is 0 Å². The summed E-state index contributed by atoms with van der Waals surface area (Å²) >= 11 is 13.7. The summed E-state index contributed by atoms with van der Waals surface area (Å²) in [5.74, 6) is 0.680. The third-order valence-corrected chi connectivity index (χ3v) is 6.77. The number of imide groups is 1. The summed E-state index contributed by atoms with van der Waals surface area (Å²) < 4.78 is 11.5. The van der Waals surface area contributed by atoms with Crippen LogP contribution >= 0.6 is 35.0 Å². The Morgan fingerprint density at radius 3 is 2.11 bits per heavy atom. The molecule has 0 aromatic heterocycles. The third-order valence-electron chi connectivity index (χ3n) is 5.30. The maximum absolute atomic E-state index is 12.8. The molecule has 0 bridgehead atoms. The first-order valence-electron chi connectivity index (χ1n) is 10.9. The number of ether oxygens (including phenoxy) is 2. The second kappa shape index (κ2) is 11.2. The Labute approximate surface area is 218 Å². The van der Waals surface area contributed by atoms with E-state index >= 15 is 0 Å². The van der Waals surface area contributed by atoms with Crippen LogP contribution in [-0.2, 0) is 11.4 Å². The van der Waals surface area contributed by atoms with Gasteiger partial charge >= 0.3 is 0 Å². The van der Waals surface area contributed by atoms with Gasteiger partial charge in [-0.3, -0.25) is 14.5 Å². The van der Waals surface area contributed by atoms with Crippen LogP contribution in [-0.4, -0.2) is 29.2 Å². The number of rotatable bonds is 8. The summed E-state index contributed by atoms with van der Waals surface area (Å²) in [4.78, 5) is 26.7. The lowest BCUT2D eigenvalue weighted by Crippen LogP contribution is -2.32. The van der Waals surface area contributed by atoms with E-state index in [-0.39, 0.29) is 24.3 Å². The largest absolute Gasteiger partial charge is 0.492 e. The van der Waals surface area contributed by atoms with Crippen molar-refractivity contribution in [1.29, 1.82) is 0 Å². The predicted octanol–water partition coefficient (Wildman–Crippen LogP) is 7.30. The second-order valence-corrected chi connectivity index (χ2v) is 9.89. The van der Waals surface area contributed by atoms with Crippen molar-refractivity contribution >= 4 is 52.2 Å². The molecule has 4 rings (SSSR count). The molecule has 0 N–H and O–H groups in total. The van der Waals surface area contributed by atoms with Gasteiger partial charge in [-0.2, -0.15) is 0 Å². The Morgan fingerprint density at radius 2 is 1.49 bits per heavy atom. The Hall–Kier alpha value is -2.93. The fraction of sp³-hybridized carbons (Fsp3) is 0.185. The normalized spacial score (nSPS) is 14.6. The summed E-state index contributed by atoms with van der Waals surface area (Å²) in [5.41, 5.74) is 3.88. The number of hydrogen-bond donors (Lipinski definition) is 0. The number of halogens is 2. The van der Waals surface area contributed by atoms with Crippen LogP contribution in [0, 0.1) is 13.8 Å². The zero-order chi connectivity index (χ0) is 24.9. The van der Waals surface area contributed by atoms with E-state index in [1.807, 2.05) is 62.4 Å². The van der Waals surface area contributed by atoms with Gasteiger partial charge in [0.05, 0.1) is 21.5 Å². The maximum Gasteiger partial charge on any atom is 0.293 e. The molecule has 5 nitrogen and oxygen atoms in total. The first-order chi connectivity index (χ1) is 16.8. The first kappa shape index (κ1) is 25.2. The van der Waals surface area contributed by atoms with E-state index in [0.717, 1.165) is 28.5 Å². The minimum atomic E-state index is -0.376. The second-order valence-electron chi connectivity index (χ2n) is 8.08. The van der Waals surface area contributed by atoms with Gasteiger partial charge in [0.1, 0.15) is 19.0 Å². The number of aryl methyl sites for hydroxylation is 2. The lowest BCUT2D eigenvalue weighted by molar-refractivity contribution is -0.123. The van der Waals surface area contributed by atoms with Crippen LogP contribution < -0.4 is 9.47 Å². The van der Waals surface area contributed by atoms with Crippen molar-refractivity contribution in [2.45, 2.75) is 20.5 Å². The summed E-state index contributed by atoms with van der Waals surface area (Å²) in [6.07, 6.45) is 1.60. The van der Waals surface area contributed by atoms with Crippen LogP contribution in [0.25, 0.3) is 6.08 Å². The molecular weight excluding hydrogens is 505 g/mol. The van der Waals surface area contributed by atoms with Gasteiger partial charge in [0.15, 0.2) is 5.75 Å². The number of carbonyl (C=O) groups is 2. The lowest BCUT2D eigenvalue weighted by Gasteiger charge is -2.13. The molecule has 1 heterocycles. The van der Waals surface area contributed by atoms with Gasteiger partial charge in [-0.25, -0.2) is 0 Å². The van der Waals surface area contributed by atoms with E-state index < -0.39 is 0 Å². The Bertz CT molecular complexity index is 1250. The van der Waals surface area contributed by atoms with Gasteiger partial charge in [0.2, 0.25) is 0 Å². The molecule has 0 radical (unpaired) electrons. The van der Waals surface area contributed by atoms with Crippen molar-refractivity contribution in [1.82, 2.24) is 4.90 Å². The van der Waals surface area contributed by atoms with Crippen LogP contribution in [0.2, 0.25) is 10.0 Å². The molecule has 3 aromatic rings. The number of amides is 2. The Balaban J connectivity index is 1.40. The van der Waals surface area contributed by atoms with Gasteiger partial charge < -0.3 is 9.47 Å². The van der Waals surface area contributed by atoms with Crippen LogP contribution in [0.4, 0.5) is 4.79 Å². The highest BCUT2D eigenvalue weighted by atomic mass is 35.5. The van der Waals surface area contributed by atoms with E-state index in [2.05, 4.69) is 0 Å². The fourth-order valence-electron chi connectivity index (χ4n) is 3.37. The van der Waals surface area contributed by atoms with Gasteiger partial charge in [-0.1, -0.05) is 70.7 Å². The molecule has 1 saturated heterocycles. The highest BCUT2D eigenvalue weighted by molar-refractivity contribution is 8.18. The summed E-state index contributed by atoms with van der Waals surface area (Å²) in [7, 11) is 0. The highest BCUT2D eigenvalue weighted by Gasteiger charge is 2.34. The lowest BCUT2D eigenvalue weighted by atomic mass is 10.1. The molecule has 35 heavy (non-hydrogen) atoms. The third kappa shape index (κ3) is 6.40. The van der Waals surface area contributed by atoms with Crippen LogP contribution in [0.1, 0.15) is 22.3 Å². The van der Waals surface area contributed by atoms with Gasteiger partial charge in [0, 0.05) is 0 Å². The van der Waals surface area contributed by atoms with E-state index in [0.29, 0.717) is 38.6 Å². The molecule has 2 amide bonds. The molecule has 0 unspecified atom stereocenters. The van der Waals surface area contributed by atoms with E-state index in [4.69, 9.17) is 32.7 Å². The quantitative estimate of drug-likeness (QED) is 0.287. The van der Waals surface area contributed by atoms with Crippen molar-refractivity contribution < 1.29 is 19.1 Å². The maximum atomic E-state index is 12.8. The molecule has 8 heteroatoms. The summed E-state index contributed by atoms with van der Waals surface area (Å²) in [5, 5.41) is 0.298. The Kier molecular flexibility index (Phi) is 8.06. The number of nitrogens with zero attached hydrogens (tertiary/aromatic N) is 1. The number of carbonyl (C=O) groups excluding carboxylic acids is 2. The molecule has 1 aliphatic heterocycles. The van der Waals surface area contributed by atoms with Crippen molar-refractivity contribution in [2.24, 2.45) is 0 Å². The summed E-state index contributed by atoms with van der Waals surface area (Å²) in [6.45, 7) is 4.69. The van der Waals surface area contributed by atoms with Crippen molar-refractivity contribution in [2.75, 3.05) is 13.2 Å². The van der Waals surface area contributed by atoms with E-state index in [1.165, 1.54) is 4.90 Å². The topological polar surface area (TPSA) is 55.8 Å². The molecule has 0 atom stereocenters. The zero-order valence-corrected chi connectivity index (χ0v) is 21.5. The molecule has 180 valence electrons. The average molecular weight is 528 g/mol. The molecule has 1 aliphatic rings. The molecule has 3 aromatic carbocycles. The van der Waals surface area contributed by atoms with Crippen molar-refractivity contribution in [3.63, 3.8) is 0 Å². The SMILES string of the molecule is Cc1ccc(COc2c(Cl)cc(/C=C3\SC(=O)N(CCOc4ccc(C)cc4)C3=O)cc2Cl)cc1. The smallest absolute Gasteiger partial charge is 0.293 e. The monoisotopic (exact) mass is 527 g/mol. The molecule has 1 fully saturated rings. The number of benzene rings is 3. The predicted molar refractivity (Wildman–Crippen MR) is 141 cm³/mol. The first-order valence-corrected chi connectivity index (χ1v) is 12.5. The minimum Gasteiger partial charge on any atom is -0.492 e. The minimum absolute atomic E-state index is 0.156. The zero-order valence-electron chi connectivity index (χ0n) is 19.2. The fourth-order valence-corrected chi connectivity index (χ4v) is 4.85. The van der Waals surface area contributed by atoms with Crippen LogP contribution in [0.5, 0.6) is 11.5 Å². The standard InChI is InChI=1S/C27H23Cl2NO4S/c1-17-3-7-19(8-4-17)16-34-25-22(28)13-20(14-23(25)29)15-24-26(31)30(27(32)35-24)11-12-33-21-9-5-18(2)6-10-21/h3-10,13-15H,11-12,16H2,1-2H3/b24-15-. The highest BCUT2D eigenvalue weighted by Crippen LogP contribution is 2.37.